The number of ether oxygens (including phenoxy) is 1. The van der Waals surface area contributed by atoms with E-state index >= 15 is 0 Å². The van der Waals surface area contributed by atoms with Crippen molar-refractivity contribution in [3.05, 3.63) is 0 Å². The smallest absolute Gasteiger partial charge is 0.328 e. The van der Waals surface area contributed by atoms with Crippen molar-refractivity contribution in [3.8, 4) is 0 Å². The van der Waals surface area contributed by atoms with Crippen LogP contribution in [0.3, 0.4) is 0 Å². The SMILES string of the molecule is COC(=O)C1CC2(CC2)C(=O)N1. The maximum atomic E-state index is 11.3. The molecule has 2 aliphatic rings. The normalized spacial score (nSPS) is 30.1. The third kappa shape index (κ3) is 0.906. The molecule has 2 fully saturated rings. The highest BCUT2D eigenvalue weighted by Gasteiger charge is 2.57. The molecule has 1 atom stereocenters. The number of hydrogen-bond acceptors (Lipinski definition) is 3. The van der Waals surface area contributed by atoms with Crippen molar-refractivity contribution in [1.29, 1.82) is 0 Å². The van der Waals surface area contributed by atoms with Gasteiger partial charge in [-0.25, -0.2) is 4.79 Å². The summed E-state index contributed by atoms with van der Waals surface area (Å²) in [5, 5.41) is 2.64. The summed E-state index contributed by atoms with van der Waals surface area (Å²) >= 11 is 0. The number of methoxy groups -OCH3 is 1. The van der Waals surface area contributed by atoms with E-state index in [1.807, 2.05) is 0 Å². The molecule has 2 rings (SSSR count). The summed E-state index contributed by atoms with van der Waals surface area (Å²) in [6.07, 6.45) is 2.47. The first-order chi connectivity index (χ1) is 5.68. The van der Waals surface area contributed by atoms with Crippen molar-refractivity contribution in [2.24, 2.45) is 5.41 Å². The lowest BCUT2D eigenvalue weighted by Crippen LogP contribution is -2.34. The van der Waals surface area contributed by atoms with Gasteiger partial charge in [0.1, 0.15) is 6.04 Å². The van der Waals surface area contributed by atoms with Gasteiger partial charge in [-0.1, -0.05) is 0 Å². The molecular weight excluding hydrogens is 158 g/mol. The fourth-order valence-electron chi connectivity index (χ4n) is 1.71. The van der Waals surface area contributed by atoms with Crippen LogP contribution in [0, 0.1) is 5.41 Å². The second kappa shape index (κ2) is 2.21. The van der Waals surface area contributed by atoms with Crippen LogP contribution in [0.25, 0.3) is 0 Å². The van der Waals surface area contributed by atoms with Crippen molar-refractivity contribution in [2.75, 3.05) is 7.11 Å². The fraction of sp³-hybridized carbons (Fsp3) is 0.750. The Labute approximate surface area is 70.3 Å². The van der Waals surface area contributed by atoms with Crippen LogP contribution in [0.2, 0.25) is 0 Å². The summed E-state index contributed by atoms with van der Waals surface area (Å²) in [5.41, 5.74) is -0.196. The topological polar surface area (TPSA) is 55.4 Å². The van der Waals surface area contributed by atoms with E-state index in [0.29, 0.717) is 6.42 Å². The second-order valence-electron chi connectivity index (χ2n) is 3.53. The van der Waals surface area contributed by atoms with Crippen LogP contribution >= 0.6 is 0 Å². The van der Waals surface area contributed by atoms with E-state index in [1.54, 1.807) is 0 Å². The van der Waals surface area contributed by atoms with Gasteiger partial charge in [-0.3, -0.25) is 4.79 Å². The summed E-state index contributed by atoms with van der Waals surface area (Å²) < 4.78 is 4.55. The van der Waals surface area contributed by atoms with Gasteiger partial charge in [-0.05, 0) is 19.3 Å². The lowest BCUT2D eigenvalue weighted by Gasteiger charge is -2.05. The number of carbonyl (C=O) groups excluding carboxylic acids is 2. The van der Waals surface area contributed by atoms with Gasteiger partial charge in [0.05, 0.1) is 12.5 Å². The summed E-state index contributed by atoms with van der Waals surface area (Å²) in [6, 6.07) is -0.398. The zero-order chi connectivity index (χ0) is 8.77. The number of carbonyl (C=O) groups is 2. The van der Waals surface area contributed by atoms with Crippen molar-refractivity contribution in [1.82, 2.24) is 5.32 Å². The van der Waals surface area contributed by atoms with Gasteiger partial charge < -0.3 is 10.1 Å². The van der Waals surface area contributed by atoms with Crippen molar-refractivity contribution in [2.45, 2.75) is 25.3 Å². The van der Waals surface area contributed by atoms with Gasteiger partial charge in [0, 0.05) is 0 Å². The van der Waals surface area contributed by atoms with E-state index < -0.39 is 6.04 Å². The van der Waals surface area contributed by atoms with Gasteiger partial charge in [-0.2, -0.15) is 0 Å². The molecule has 1 aliphatic heterocycles. The molecule has 0 aromatic rings. The Morgan fingerprint density at radius 2 is 2.33 bits per heavy atom. The first-order valence-corrected chi connectivity index (χ1v) is 4.07. The fourth-order valence-corrected chi connectivity index (χ4v) is 1.71. The van der Waals surface area contributed by atoms with E-state index in [-0.39, 0.29) is 17.3 Å². The molecule has 0 aromatic carbocycles. The minimum atomic E-state index is -0.398. The van der Waals surface area contributed by atoms with Crippen LogP contribution in [0.1, 0.15) is 19.3 Å². The molecule has 4 nitrogen and oxygen atoms in total. The average Bonchev–Trinajstić information content (AvgIpc) is 2.75. The lowest BCUT2D eigenvalue weighted by molar-refractivity contribution is -0.143. The first kappa shape index (κ1) is 7.58. The average molecular weight is 169 g/mol. The minimum Gasteiger partial charge on any atom is -0.467 e. The van der Waals surface area contributed by atoms with Crippen molar-refractivity contribution in [3.63, 3.8) is 0 Å². The molecule has 0 aromatic heterocycles. The molecule has 0 bridgehead atoms. The van der Waals surface area contributed by atoms with Gasteiger partial charge in [0.15, 0.2) is 0 Å². The highest BCUT2D eigenvalue weighted by atomic mass is 16.5. The van der Waals surface area contributed by atoms with Crippen LogP contribution in [0.5, 0.6) is 0 Å². The van der Waals surface area contributed by atoms with Crippen molar-refractivity contribution < 1.29 is 14.3 Å². The lowest BCUT2D eigenvalue weighted by atomic mass is 10.0. The summed E-state index contributed by atoms with van der Waals surface area (Å²) in [4.78, 5) is 22.3. The summed E-state index contributed by atoms with van der Waals surface area (Å²) in [5.74, 6) is -0.301. The Hall–Kier alpha value is -1.06. The third-order valence-corrected chi connectivity index (χ3v) is 2.72. The first-order valence-electron chi connectivity index (χ1n) is 4.07. The molecular formula is C8H11NO3. The highest BCUT2D eigenvalue weighted by molar-refractivity contribution is 5.93. The quantitative estimate of drug-likeness (QED) is 0.554. The molecule has 1 spiro atoms. The third-order valence-electron chi connectivity index (χ3n) is 2.72. The van der Waals surface area contributed by atoms with E-state index in [4.69, 9.17) is 0 Å². The summed E-state index contributed by atoms with van der Waals surface area (Å²) in [7, 11) is 1.34. The van der Waals surface area contributed by atoms with Crippen LogP contribution < -0.4 is 5.32 Å². The largest absolute Gasteiger partial charge is 0.467 e. The van der Waals surface area contributed by atoms with Crippen LogP contribution in [-0.2, 0) is 14.3 Å². The van der Waals surface area contributed by atoms with E-state index in [0.717, 1.165) is 12.8 Å². The molecule has 4 heteroatoms. The zero-order valence-electron chi connectivity index (χ0n) is 6.92. The predicted octanol–water partition coefficient (Wildman–Crippen LogP) is -0.172. The molecule has 1 N–H and O–H groups in total. The molecule has 1 saturated carbocycles. The highest BCUT2D eigenvalue weighted by Crippen LogP contribution is 2.52. The monoisotopic (exact) mass is 169 g/mol. The van der Waals surface area contributed by atoms with Crippen LogP contribution in [0.4, 0.5) is 0 Å². The molecule has 1 amide bonds. The molecule has 1 saturated heterocycles. The number of nitrogens with one attached hydrogen (secondary N) is 1. The molecule has 1 heterocycles. The van der Waals surface area contributed by atoms with E-state index in [2.05, 4.69) is 10.1 Å². The van der Waals surface area contributed by atoms with Crippen LogP contribution in [0.15, 0.2) is 0 Å². The molecule has 0 radical (unpaired) electrons. The Kier molecular flexibility index (Phi) is 1.40. The Bertz CT molecular complexity index is 245. The van der Waals surface area contributed by atoms with Gasteiger partial charge in [0.25, 0.3) is 0 Å². The number of amides is 1. The standard InChI is InChI=1S/C8H11NO3/c1-12-6(10)5-4-8(2-3-8)7(11)9-5/h5H,2-4H2,1H3,(H,9,11). The molecule has 1 unspecified atom stereocenters. The summed E-state index contributed by atoms with van der Waals surface area (Å²) in [6.45, 7) is 0. The maximum absolute atomic E-state index is 11.3. The number of esters is 1. The second-order valence-corrected chi connectivity index (χ2v) is 3.53. The molecule has 66 valence electrons. The van der Waals surface area contributed by atoms with Gasteiger partial charge >= 0.3 is 5.97 Å². The van der Waals surface area contributed by atoms with Crippen LogP contribution in [-0.4, -0.2) is 25.0 Å². The Morgan fingerprint density at radius 3 is 2.75 bits per heavy atom. The number of hydrogen-bond donors (Lipinski definition) is 1. The molecule has 12 heavy (non-hydrogen) atoms. The predicted molar refractivity (Wildman–Crippen MR) is 40.2 cm³/mol. The van der Waals surface area contributed by atoms with E-state index in [1.165, 1.54) is 7.11 Å². The number of rotatable bonds is 1. The molecule has 1 aliphatic carbocycles. The van der Waals surface area contributed by atoms with Crippen molar-refractivity contribution >= 4 is 11.9 Å². The van der Waals surface area contributed by atoms with Gasteiger partial charge in [-0.15, -0.1) is 0 Å². The van der Waals surface area contributed by atoms with Gasteiger partial charge in [0.2, 0.25) is 5.91 Å². The van der Waals surface area contributed by atoms with E-state index in [9.17, 15) is 9.59 Å². The Morgan fingerprint density at radius 1 is 1.67 bits per heavy atom. The zero-order valence-corrected chi connectivity index (χ0v) is 6.92. The Balaban J connectivity index is 2.06. The minimum absolute atomic E-state index is 0.0258. The maximum Gasteiger partial charge on any atom is 0.328 e.